The molecule has 1 atom stereocenters. The molecule has 0 radical (unpaired) electrons. The van der Waals surface area contributed by atoms with E-state index < -0.39 is 0 Å². The van der Waals surface area contributed by atoms with Gasteiger partial charge in [-0.1, -0.05) is 47.1 Å². The standard InChI is InChI=1S/C18H22BrNO/c1-3-11-20-18(13-14-5-4-6-16(19)12-14)15-7-9-17(21-2)10-8-15/h4-10,12,18,20H,3,11,13H2,1-2H3. The lowest BCUT2D eigenvalue weighted by molar-refractivity contribution is 0.414. The van der Waals surface area contributed by atoms with Gasteiger partial charge in [0, 0.05) is 10.5 Å². The van der Waals surface area contributed by atoms with Gasteiger partial charge >= 0.3 is 0 Å². The van der Waals surface area contributed by atoms with Crippen LogP contribution in [0, 0.1) is 0 Å². The maximum absolute atomic E-state index is 5.24. The Hall–Kier alpha value is -1.32. The van der Waals surface area contributed by atoms with Gasteiger partial charge < -0.3 is 10.1 Å². The Morgan fingerprint density at radius 2 is 1.90 bits per heavy atom. The summed E-state index contributed by atoms with van der Waals surface area (Å²) in [5.41, 5.74) is 2.62. The summed E-state index contributed by atoms with van der Waals surface area (Å²) in [4.78, 5) is 0. The predicted octanol–water partition coefficient (Wildman–Crippen LogP) is 4.74. The number of halogens is 1. The topological polar surface area (TPSA) is 21.3 Å². The summed E-state index contributed by atoms with van der Waals surface area (Å²) in [7, 11) is 1.70. The quantitative estimate of drug-likeness (QED) is 0.780. The highest BCUT2D eigenvalue weighted by atomic mass is 79.9. The van der Waals surface area contributed by atoms with Crippen LogP contribution in [-0.4, -0.2) is 13.7 Å². The Labute approximate surface area is 135 Å². The Morgan fingerprint density at radius 1 is 1.14 bits per heavy atom. The first-order valence-electron chi connectivity index (χ1n) is 7.34. The number of hydrogen-bond donors (Lipinski definition) is 1. The zero-order valence-corrected chi connectivity index (χ0v) is 14.2. The molecule has 0 aliphatic carbocycles. The van der Waals surface area contributed by atoms with E-state index in [1.807, 2.05) is 12.1 Å². The summed E-state index contributed by atoms with van der Waals surface area (Å²) < 4.78 is 6.37. The van der Waals surface area contributed by atoms with Crippen LogP contribution in [0.1, 0.15) is 30.5 Å². The third-order valence-corrected chi connectivity index (χ3v) is 3.98. The lowest BCUT2D eigenvalue weighted by Crippen LogP contribution is -2.24. The summed E-state index contributed by atoms with van der Waals surface area (Å²) in [6, 6.07) is 17.2. The molecular weight excluding hydrogens is 326 g/mol. The summed E-state index contributed by atoms with van der Waals surface area (Å²) in [5, 5.41) is 3.64. The van der Waals surface area contributed by atoms with Crippen LogP contribution >= 0.6 is 15.9 Å². The third-order valence-electron chi connectivity index (χ3n) is 3.49. The third kappa shape index (κ3) is 4.87. The van der Waals surface area contributed by atoms with E-state index in [-0.39, 0.29) is 0 Å². The predicted molar refractivity (Wildman–Crippen MR) is 91.9 cm³/mol. The summed E-state index contributed by atoms with van der Waals surface area (Å²) >= 11 is 3.54. The van der Waals surface area contributed by atoms with Gasteiger partial charge in [-0.25, -0.2) is 0 Å². The maximum atomic E-state index is 5.24. The van der Waals surface area contributed by atoms with Gasteiger partial charge in [0.25, 0.3) is 0 Å². The molecule has 0 aromatic heterocycles. The van der Waals surface area contributed by atoms with E-state index in [1.54, 1.807) is 7.11 Å². The first kappa shape index (κ1) is 16.1. The van der Waals surface area contributed by atoms with E-state index in [9.17, 15) is 0 Å². The second-order valence-corrected chi connectivity index (χ2v) is 6.03. The van der Waals surface area contributed by atoms with Crippen LogP contribution in [0.15, 0.2) is 53.0 Å². The fourth-order valence-electron chi connectivity index (χ4n) is 2.36. The fourth-order valence-corrected chi connectivity index (χ4v) is 2.81. The molecule has 2 rings (SSSR count). The van der Waals surface area contributed by atoms with Gasteiger partial charge in [0.15, 0.2) is 0 Å². The van der Waals surface area contributed by atoms with Gasteiger partial charge in [-0.3, -0.25) is 0 Å². The molecule has 3 heteroatoms. The Bertz CT molecular complexity index is 553. The SMILES string of the molecule is CCCNC(Cc1cccc(Br)c1)c1ccc(OC)cc1. The second kappa shape index (κ2) is 8.20. The molecule has 1 unspecified atom stereocenters. The average molecular weight is 348 g/mol. The lowest BCUT2D eigenvalue weighted by atomic mass is 9.98. The zero-order valence-electron chi connectivity index (χ0n) is 12.6. The minimum Gasteiger partial charge on any atom is -0.497 e. The van der Waals surface area contributed by atoms with E-state index in [0.717, 1.165) is 29.6 Å². The molecule has 1 N–H and O–H groups in total. The van der Waals surface area contributed by atoms with Crippen molar-refractivity contribution >= 4 is 15.9 Å². The molecule has 0 amide bonds. The molecular formula is C18H22BrNO. The minimum atomic E-state index is 0.324. The van der Waals surface area contributed by atoms with Crippen molar-refractivity contribution in [2.45, 2.75) is 25.8 Å². The maximum Gasteiger partial charge on any atom is 0.118 e. The molecule has 0 fully saturated rings. The highest BCUT2D eigenvalue weighted by Gasteiger charge is 2.12. The van der Waals surface area contributed by atoms with Crippen LogP contribution in [0.3, 0.4) is 0 Å². The molecule has 0 saturated carbocycles. The van der Waals surface area contributed by atoms with Crippen molar-refractivity contribution in [2.75, 3.05) is 13.7 Å². The van der Waals surface area contributed by atoms with Crippen molar-refractivity contribution in [1.82, 2.24) is 5.32 Å². The largest absolute Gasteiger partial charge is 0.497 e. The van der Waals surface area contributed by atoms with Gasteiger partial charge in [-0.15, -0.1) is 0 Å². The van der Waals surface area contributed by atoms with Crippen molar-refractivity contribution < 1.29 is 4.74 Å². The number of ether oxygens (including phenoxy) is 1. The lowest BCUT2D eigenvalue weighted by Gasteiger charge is -2.19. The first-order valence-corrected chi connectivity index (χ1v) is 8.14. The van der Waals surface area contributed by atoms with E-state index in [4.69, 9.17) is 4.74 Å². The molecule has 0 heterocycles. The highest BCUT2D eigenvalue weighted by Crippen LogP contribution is 2.23. The normalized spacial score (nSPS) is 12.1. The molecule has 21 heavy (non-hydrogen) atoms. The molecule has 112 valence electrons. The van der Waals surface area contributed by atoms with Crippen molar-refractivity contribution in [1.29, 1.82) is 0 Å². The van der Waals surface area contributed by atoms with Crippen molar-refractivity contribution in [3.05, 3.63) is 64.1 Å². The number of nitrogens with one attached hydrogen (secondary N) is 1. The number of methoxy groups -OCH3 is 1. The Balaban J connectivity index is 2.16. The average Bonchev–Trinajstić information content (AvgIpc) is 2.51. The summed E-state index contributed by atoms with van der Waals surface area (Å²) in [6.07, 6.45) is 2.11. The minimum absolute atomic E-state index is 0.324. The van der Waals surface area contributed by atoms with Crippen molar-refractivity contribution in [3.63, 3.8) is 0 Å². The zero-order chi connectivity index (χ0) is 15.1. The second-order valence-electron chi connectivity index (χ2n) is 5.11. The van der Waals surface area contributed by atoms with E-state index in [1.165, 1.54) is 11.1 Å². The van der Waals surface area contributed by atoms with E-state index in [2.05, 4.69) is 64.6 Å². The van der Waals surface area contributed by atoms with Crippen LogP contribution in [0.2, 0.25) is 0 Å². The molecule has 2 aromatic rings. The smallest absolute Gasteiger partial charge is 0.118 e. The number of benzene rings is 2. The monoisotopic (exact) mass is 347 g/mol. The molecule has 0 saturated heterocycles. The Kier molecular flexibility index (Phi) is 6.27. The summed E-state index contributed by atoms with van der Waals surface area (Å²) in [5.74, 6) is 0.899. The van der Waals surface area contributed by atoms with Gasteiger partial charge in [0.05, 0.1) is 7.11 Å². The molecule has 0 aliphatic rings. The van der Waals surface area contributed by atoms with E-state index >= 15 is 0 Å². The molecule has 2 nitrogen and oxygen atoms in total. The van der Waals surface area contributed by atoms with Gasteiger partial charge in [0.2, 0.25) is 0 Å². The van der Waals surface area contributed by atoms with Crippen LogP contribution in [-0.2, 0) is 6.42 Å². The summed E-state index contributed by atoms with van der Waals surface area (Å²) in [6.45, 7) is 3.21. The van der Waals surface area contributed by atoms with Crippen molar-refractivity contribution in [2.24, 2.45) is 0 Å². The van der Waals surface area contributed by atoms with Crippen LogP contribution in [0.5, 0.6) is 5.75 Å². The molecule has 2 aromatic carbocycles. The number of rotatable bonds is 7. The first-order chi connectivity index (χ1) is 10.2. The van der Waals surface area contributed by atoms with Crippen LogP contribution < -0.4 is 10.1 Å². The Morgan fingerprint density at radius 3 is 2.52 bits per heavy atom. The van der Waals surface area contributed by atoms with E-state index in [0.29, 0.717) is 6.04 Å². The van der Waals surface area contributed by atoms with Crippen LogP contribution in [0.25, 0.3) is 0 Å². The highest BCUT2D eigenvalue weighted by molar-refractivity contribution is 9.10. The van der Waals surface area contributed by atoms with Crippen molar-refractivity contribution in [3.8, 4) is 5.75 Å². The molecule has 0 aliphatic heterocycles. The van der Waals surface area contributed by atoms with Crippen LogP contribution in [0.4, 0.5) is 0 Å². The number of hydrogen-bond acceptors (Lipinski definition) is 2. The fraction of sp³-hybridized carbons (Fsp3) is 0.333. The van der Waals surface area contributed by atoms with Gasteiger partial charge in [0.1, 0.15) is 5.75 Å². The van der Waals surface area contributed by atoms with Gasteiger partial charge in [-0.05, 0) is 54.8 Å². The molecule has 0 bridgehead atoms. The van der Waals surface area contributed by atoms with Gasteiger partial charge in [-0.2, -0.15) is 0 Å². The molecule has 0 spiro atoms.